The van der Waals surface area contributed by atoms with Crippen LogP contribution in [0.25, 0.3) is 0 Å². The molecule has 0 spiro atoms. The van der Waals surface area contributed by atoms with Gasteiger partial charge in [-0.1, -0.05) is 54.1 Å². The molecule has 2 heterocycles. The van der Waals surface area contributed by atoms with Gasteiger partial charge in [-0.25, -0.2) is 0 Å². The number of carboxylic acids is 1. The molecule has 0 radical (unpaired) electrons. The summed E-state index contributed by atoms with van der Waals surface area (Å²) in [5.74, 6) is -0.320. The van der Waals surface area contributed by atoms with E-state index in [9.17, 15) is 14.7 Å². The van der Waals surface area contributed by atoms with Crippen molar-refractivity contribution in [2.75, 3.05) is 6.54 Å². The van der Waals surface area contributed by atoms with Gasteiger partial charge in [0.1, 0.15) is 11.4 Å². The zero-order valence-corrected chi connectivity index (χ0v) is 23.1. The van der Waals surface area contributed by atoms with Gasteiger partial charge in [-0.15, -0.1) is 0 Å². The molecule has 1 saturated heterocycles. The molecular weight excluding hydrogens is 514 g/mol. The van der Waals surface area contributed by atoms with E-state index in [2.05, 4.69) is 26.0 Å². The van der Waals surface area contributed by atoms with Gasteiger partial charge in [0.25, 0.3) is 5.91 Å². The van der Waals surface area contributed by atoms with Crippen molar-refractivity contribution < 1.29 is 24.2 Å². The first-order valence-electron chi connectivity index (χ1n) is 13.5. The summed E-state index contributed by atoms with van der Waals surface area (Å²) in [5, 5.41) is 9.90. The maximum absolute atomic E-state index is 13.7. The fourth-order valence-corrected chi connectivity index (χ4v) is 5.99. The molecule has 1 amide bonds. The third-order valence-electron chi connectivity index (χ3n) is 7.89. The van der Waals surface area contributed by atoms with Crippen molar-refractivity contribution >= 4 is 23.5 Å². The van der Waals surface area contributed by atoms with Crippen LogP contribution in [0.15, 0.2) is 72.8 Å². The number of hydrogen-bond acceptors (Lipinski definition) is 4. The van der Waals surface area contributed by atoms with Crippen LogP contribution in [0.5, 0.6) is 5.75 Å². The second-order valence-electron chi connectivity index (χ2n) is 10.9. The molecule has 7 heteroatoms. The van der Waals surface area contributed by atoms with E-state index in [1.54, 1.807) is 23.1 Å². The molecular formula is C32H34ClNO5. The average molecular weight is 548 g/mol. The van der Waals surface area contributed by atoms with Crippen LogP contribution in [0.2, 0.25) is 5.02 Å². The predicted molar refractivity (Wildman–Crippen MR) is 150 cm³/mol. The number of nitrogens with zero attached hydrogens (tertiary/aromatic N) is 1. The molecule has 2 aliphatic rings. The Morgan fingerprint density at radius 2 is 1.77 bits per heavy atom. The van der Waals surface area contributed by atoms with Crippen LogP contribution in [0.3, 0.4) is 0 Å². The number of rotatable bonds is 8. The second-order valence-corrected chi connectivity index (χ2v) is 11.3. The monoisotopic (exact) mass is 547 g/mol. The summed E-state index contributed by atoms with van der Waals surface area (Å²) in [6, 6.07) is 23.1. The Morgan fingerprint density at radius 1 is 1.03 bits per heavy atom. The summed E-state index contributed by atoms with van der Waals surface area (Å²) in [4.78, 5) is 26.6. The van der Waals surface area contributed by atoms with Gasteiger partial charge >= 0.3 is 5.97 Å². The van der Waals surface area contributed by atoms with Gasteiger partial charge in [0, 0.05) is 41.6 Å². The highest BCUT2D eigenvalue weighted by molar-refractivity contribution is 6.30. The third kappa shape index (κ3) is 6.13. The zero-order chi connectivity index (χ0) is 27.6. The molecule has 1 fully saturated rings. The van der Waals surface area contributed by atoms with Gasteiger partial charge < -0.3 is 19.5 Å². The van der Waals surface area contributed by atoms with Gasteiger partial charge in [-0.05, 0) is 68.1 Å². The van der Waals surface area contributed by atoms with Crippen LogP contribution in [-0.2, 0) is 22.5 Å². The average Bonchev–Trinajstić information content (AvgIpc) is 2.92. The summed E-state index contributed by atoms with van der Waals surface area (Å²) in [6.45, 7) is 4.64. The molecule has 0 saturated carbocycles. The second kappa shape index (κ2) is 11.4. The number of aliphatic carboxylic acids is 1. The fourth-order valence-electron chi connectivity index (χ4n) is 5.86. The van der Waals surface area contributed by atoms with Crippen molar-refractivity contribution in [2.45, 2.75) is 63.9 Å². The Hall–Kier alpha value is -3.35. The first-order chi connectivity index (χ1) is 18.7. The van der Waals surface area contributed by atoms with E-state index in [4.69, 9.17) is 21.1 Å². The van der Waals surface area contributed by atoms with Crippen molar-refractivity contribution in [1.29, 1.82) is 0 Å². The predicted octanol–water partition coefficient (Wildman–Crippen LogP) is 6.71. The van der Waals surface area contributed by atoms with E-state index in [1.165, 1.54) is 5.56 Å². The van der Waals surface area contributed by atoms with Gasteiger partial charge in [0.2, 0.25) is 0 Å². The van der Waals surface area contributed by atoms with Gasteiger partial charge in [-0.3, -0.25) is 9.59 Å². The van der Waals surface area contributed by atoms with Crippen LogP contribution in [-0.4, -0.2) is 40.1 Å². The lowest BCUT2D eigenvalue weighted by molar-refractivity contribution is -0.149. The molecule has 5 rings (SSSR count). The number of hydrogen-bond donors (Lipinski definition) is 1. The first kappa shape index (κ1) is 27.2. The largest absolute Gasteiger partial charge is 0.486 e. The number of ether oxygens (including phenoxy) is 2. The molecule has 0 bridgehead atoms. The molecule has 0 unspecified atom stereocenters. The zero-order valence-electron chi connectivity index (χ0n) is 22.3. The number of carbonyl (C=O) groups excluding carboxylic acids is 1. The van der Waals surface area contributed by atoms with Crippen LogP contribution >= 0.6 is 11.6 Å². The molecule has 6 nitrogen and oxygen atoms in total. The minimum atomic E-state index is -0.951. The lowest BCUT2D eigenvalue weighted by atomic mass is 9.72. The SMILES string of the molecule is C[C@@H]1CC[C@@H]2[C@@H](O1)c1cc(C(=O)N(CCC(=O)O)Cc3ccc(Cl)cc3)ccc1O[C@]2(C)Cc1ccccc1. The summed E-state index contributed by atoms with van der Waals surface area (Å²) in [7, 11) is 0. The van der Waals surface area contributed by atoms with Gasteiger partial charge in [0.15, 0.2) is 0 Å². The highest BCUT2D eigenvalue weighted by Gasteiger charge is 2.49. The van der Waals surface area contributed by atoms with Crippen LogP contribution < -0.4 is 4.74 Å². The lowest BCUT2D eigenvalue weighted by Crippen LogP contribution is -2.51. The molecule has 0 aromatic heterocycles. The first-order valence-corrected chi connectivity index (χ1v) is 13.9. The summed E-state index contributed by atoms with van der Waals surface area (Å²) in [5.41, 5.74) is 3.01. The smallest absolute Gasteiger partial charge is 0.305 e. The van der Waals surface area contributed by atoms with Crippen LogP contribution in [0.1, 0.15) is 66.3 Å². The molecule has 3 aromatic rings. The van der Waals surface area contributed by atoms with Crippen molar-refractivity contribution in [3.05, 3.63) is 100 Å². The normalized spacial score (nSPS) is 23.7. The van der Waals surface area contributed by atoms with Crippen molar-refractivity contribution in [2.24, 2.45) is 5.92 Å². The molecule has 3 aromatic carbocycles. The topological polar surface area (TPSA) is 76.1 Å². The maximum Gasteiger partial charge on any atom is 0.305 e. The Labute approximate surface area is 234 Å². The molecule has 39 heavy (non-hydrogen) atoms. The highest BCUT2D eigenvalue weighted by atomic mass is 35.5. The quantitative estimate of drug-likeness (QED) is 0.339. The summed E-state index contributed by atoms with van der Waals surface area (Å²) in [6.07, 6.45) is 2.45. The molecule has 2 aliphatic heterocycles. The molecule has 1 N–H and O–H groups in total. The Kier molecular flexibility index (Phi) is 7.96. The number of benzene rings is 3. The maximum atomic E-state index is 13.7. The van der Waals surface area contributed by atoms with Gasteiger partial charge in [0.05, 0.1) is 18.6 Å². The Balaban J connectivity index is 1.45. The minimum absolute atomic E-state index is 0.0963. The Bertz CT molecular complexity index is 1330. The van der Waals surface area contributed by atoms with E-state index in [-0.39, 0.29) is 43.5 Å². The Morgan fingerprint density at radius 3 is 2.49 bits per heavy atom. The van der Waals surface area contributed by atoms with Crippen LogP contribution in [0.4, 0.5) is 0 Å². The summed E-state index contributed by atoms with van der Waals surface area (Å²) < 4.78 is 13.2. The number of fused-ring (bicyclic) bond motifs is 3. The standard InChI is InChI=1S/C32H34ClNO5/c1-21-8-14-27-30(38-21)26-18-24(11-15-28(26)39-32(27,2)19-22-6-4-3-5-7-22)31(37)34(17-16-29(35)36)20-23-9-12-25(33)13-10-23/h3-7,9-13,15,18,21,27,30H,8,14,16-17,19-20H2,1-2H3,(H,35,36)/t21-,27-,30+,32-/m1/s1. The number of carbonyl (C=O) groups is 2. The van der Waals surface area contributed by atoms with Crippen molar-refractivity contribution in [1.82, 2.24) is 4.90 Å². The number of halogens is 1. The van der Waals surface area contributed by atoms with Crippen LogP contribution in [0, 0.1) is 5.92 Å². The highest BCUT2D eigenvalue weighted by Crippen LogP contribution is 2.51. The van der Waals surface area contributed by atoms with Gasteiger partial charge in [-0.2, -0.15) is 0 Å². The van der Waals surface area contributed by atoms with Crippen molar-refractivity contribution in [3.63, 3.8) is 0 Å². The minimum Gasteiger partial charge on any atom is -0.486 e. The third-order valence-corrected chi connectivity index (χ3v) is 8.14. The lowest BCUT2D eigenvalue weighted by Gasteiger charge is -2.50. The molecule has 0 aliphatic carbocycles. The van der Waals surface area contributed by atoms with E-state index in [1.807, 2.05) is 42.5 Å². The van der Waals surface area contributed by atoms with E-state index in [0.29, 0.717) is 10.6 Å². The van der Waals surface area contributed by atoms with E-state index >= 15 is 0 Å². The summed E-state index contributed by atoms with van der Waals surface area (Å²) >= 11 is 6.03. The van der Waals surface area contributed by atoms with E-state index in [0.717, 1.165) is 36.1 Å². The fraction of sp³-hybridized carbons (Fsp3) is 0.375. The number of carboxylic acid groups (broad SMARTS) is 1. The molecule has 4 atom stereocenters. The number of amides is 1. The van der Waals surface area contributed by atoms with E-state index < -0.39 is 11.6 Å². The van der Waals surface area contributed by atoms with Crippen molar-refractivity contribution in [3.8, 4) is 5.75 Å². The molecule has 204 valence electrons.